The van der Waals surface area contributed by atoms with E-state index in [1.807, 2.05) is 13.0 Å². The lowest BCUT2D eigenvalue weighted by atomic mass is 10.1. The minimum absolute atomic E-state index is 0.298. The largest absolute Gasteiger partial charge is 0.481 e. The molecule has 7 nitrogen and oxygen atoms in total. The fourth-order valence-corrected chi connectivity index (χ4v) is 4.85. The third-order valence-corrected chi connectivity index (χ3v) is 5.98. The van der Waals surface area contributed by atoms with Gasteiger partial charge in [-0.25, -0.2) is 4.79 Å². The zero-order chi connectivity index (χ0) is 18.1. The van der Waals surface area contributed by atoms with Crippen LogP contribution in [0.5, 0.6) is 0 Å². The highest BCUT2D eigenvalue weighted by atomic mass is 28.3. The minimum atomic E-state index is -2.23. The summed E-state index contributed by atoms with van der Waals surface area (Å²) in [7, 11) is 0.856. The molecule has 0 saturated heterocycles. The fourth-order valence-electron chi connectivity index (χ4n) is 2.79. The molecule has 2 N–H and O–H groups in total. The average Bonchev–Trinajstić information content (AvgIpc) is 2.56. The number of carboxylic acids is 2. The van der Waals surface area contributed by atoms with E-state index in [9.17, 15) is 14.7 Å². The topological polar surface area (TPSA) is 96.3 Å². The van der Waals surface area contributed by atoms with Crippen molar-refractivity contribution >= 4 is 26.9 Å². The SMILES string of the molecule is CCCC(N(c1ccccc1)C(CC(=O)O)C(=O)O)[SiH](OC)OC. The van der Waals surface area contributed by atoms with E-state index in [1.165, 1.54) is 0 Å². The van der Waals surface area contributed by atoms with Gasteiger partial charge >= 0.3 is 21.2 Å². The fraction of sp³-hybridized carbons (Fsp3) is 0.500. The molecule has 0 fully saturated rings. The van der Waals surface area contributed by atoms with Crippen molar-refractivity contribution in [3.8, 4) is 0 Å². The van der Waals surface area contributed by atoms with E-state index in [0.29, 0.717) is 12.1 Å². The molecule has 0 radical (unpaired) electrons. The summed E-state index contributed by atoms with van der Waals surface area (Å²) in [5.74, 6) is -2.34. The Labute approximate surface area is 143 Å². The average molecular weight is 355 g/mol. The van der Waals surface area contributed by atoms with Crippen LogP contribution in [-0.2, 0) is 18.4 Å². The first kappa shape index (κ1) is 20.1. The number of nitrogens with zero attached hydrogens (tertiary/aromatic N) is 1. The Bertz CT molecular complexity index is 523. The number of carboxylic acid groups (broad SMARTS) is 2. The zero-order valence-corrected chi connectivity index (χ0v) is 15.4. The van der Waals surface area contributed by atoms with Crippen molar-refractivity contribution in [2.75, 3.05) is 19.1 Å². The molecular weight excluding hydrogens is 330 g/mol. The van der Waals surface area contributed by atoms with Crippen LogP contribution in [0.3, 0.4) is 0 Å². The van der Waals surface area contributed by atoms with Crippen molar-refractivity contribution in [2.24, 2.45) is 0 Å². The number of rotatable bonds is 11. The molecule has 1 aromatic rings. The second kappa shape index (κ2) is 10.1. The second-order valence-corrected chi connectivity index (χ2v) is 7.84. The van der Waals surface area contributed by atoms with Crippen molar-refractivity contribution < 1.29 is 28.7 Å². The lowest BCUT2D eigenvalue weighted by Crippen LogP contribution is -2.56. The van der Waals surface area contributed by atoms with Crippen LogP contribution < -0.4 is 4.90 Å². The highest BCUT2D eigenvalue weighted by molar-refractivity contribution is 6.47. The molecule has 0 saturated carbocycles. The number of carbonyl (C=O) groups is 2. The molecule has 1 aromatic carbocycles. The van der Waals surface area contributed by atoms with Crippen LogP contribution in [0, 0.1) is 0 Å². The monoisotopic (exact) mass is 355 g/mol. The molecule has 24 heavy (non-hydrogen) atoms. The van der Waals surface area contributed by atoms with Crippen LogP contribution in [0.4, 0.5) is 5.69 Å². The van der Waals surface area contributed by atoms with Gasteiger partial charge in [0.05, 0.1) is 12.1 Å². The third-order valence-electron chi connectivity index (χ3n) is 3.76. The van der Waals surface area contributed by atoms with Gasteiger partial charge in [0, 0.05) is 19.9 Å². The summed E-state index contributed by atoms with van der Waals surface area (Å²) in [5.41, 5.74) is 0.351. The van der Waals surface area contributed by atoms with Crippen molar-refractivity contribution in [2.45, 2.75) is 37.9 Å². The highest BCUT2D eigenvalue weighted by Gasteiger charge is 2.38. The van der Waals surface area contributed by atoms with E-state index in [1.54, 1.807) is 43.4 Å². The van der Waals surface area contributed by atoms with E-state index in [-0.39, 0.29) is 5.67 Å². The van der Waals surface area contributed by atoms with E-state index in [0.717, 1.165) is 6.42 Å². The predicted octanol–water partition coefficient (Wildman–Crippen LogP) is 1.64. The lowest BCUT2D eigenvalue weighted by Gasteiger charge is -2.39. The Morgan fingerprint density at radius 1 is 1.17 bits per heavy atom. The van der Waals surface area contributed by atoms with Crippen LogP contribution in [0.15, 0.2) is 30.3 Å². The van der Waals surface area contributed by atoms with Gasteiger partial charge < -0.3 is 24.0 Å². The quantitative estimate of drug-likeness (QED) is 0.583. The molecule has 0 aliphatic carbocycles. The van der Waals surface area contributed by atoms with E-state index < -0.39 is 33.7 Å². The minimum Gasteiger partial charge on any atom is -0.481 e. The van der Waals surface area contributed by atoms with Gasteiger partial charge in [-0.3, -0.25) is 4.79 Å². The number of benzene rings is 1. The Hall–Kier alpha value is -1.90. The molecule has 0 aliphatic rings. The summed E-state index contributed by atoms with van der Waals surface area (Å²) in [6.45, 7) is 1.99. The molecule has 0 heterocycles. The Morgan fingerprint density at radius 3 is 2.17 bits per heavy atom. The smallest absolute Gasteiger partial charge is 0.344 e. The lowest BCUT2D eigenvalue weighted by molar-refractivity contribution is -0.145. The maximum atomic E-state index is 11.8. The van der Waals surface area contributed by atoms with Crippen molar-refractivity contribution in [1.29, 1.82) is 0 Å². The molecule has 8 heteroatoms. The van der Waals surface area contributed by atoms with Gasteiger partial charge in [0.25, 0.3) is 0 Å². The number of anilines is 1. The van der Waals surface area contributed by atoms with E-state index >= 15 is 0 Å². The first-order valence-electron chi connectivity index (χ1n) is 7.79. The second-order valence-electron chi connectivity index (χ2n) is 5.39. The van der Waals surface area contributed by atoms with Gasteiger partial charge in [0.15, 0.2) is 0 Å². The summed E-state index contributed by atoms with van der Waals surface area (Å²) in [4.78, 5) is 24.6. The van der Waals surface area contributed by atoms with Crippen LogP contribution in [0.25, 0.3) is 0 Å². The van der Waals surface area contributed by atoms with Gasteiger partial charge in [-0.2, -0.15) is 0 Å². The summed E-state index contributed by atoms with van der Waals surface area (Å²) in [6.07, 6.45) is 0.944. The van der Waals surface area contributed by atoms with Crippen LogP contribution >= 0.6 is 0 Å². The molecular formula is C16H25NO6Si. The molecule has 134 valence electrons. The summed E-state index contributed by atoms with van der Waals surface area (Å²) < 4.78 is 11.0. The first-order chi connectivity index (χ1) is 11.5. The molecule has 2 atom stereocenters. The van der Waals surface area contributed by atoms with E-state index in [2.05, 4.69) is 0 Å². The van der Waals surface area contributed by atoms with Gasteiger partial charge in [-0.05, 0) is 18.6 Å². The Morgan fingerprint density at radius 2 is 1.75 bits per heavy atom. The summed E-state index contributed by atoms with van der Waals surface area (Å²) in [6, 6.07) is 7.77. The standard InChI is InChI=1S/C16H25NO6Si/c1-4-8-14(24(22-2)23-3)17(12-9-6-5-7-10-12)13(16(20)21)11-15(18)19/h5-7,9-10,13-14,24H,4,8,11H2,1-3H3,(H,18,19)(H,20,21). The summed E-state index contributed by atoms with van der Waals surface area (Å²) in [5, 5.41) is 18.8. The molecule has 2 unspecified atom stereocenters. The van der Waals surface area contributed by atoms with Crippen molar-refractivity contribution in [3.63, 3.8) is 0 Å². The maximum Gasteiger partial charge on any atom is 0.344 e. The molecule has 0 spiro atoms. The highest BCUT2D eigenvalue weighted by Crippen LogP contribution is 2.26. The predicted molar refractivity (Wildman–Crippen MR) is 92.5 cm³/mol. The van der Waals surface area contributed by atoms with Crippen LogP contribution in [-0.4, -0.2) is 57.4 Å². The van der Waals surface area contributed by atoms with Crippen LogP contribution in [0.2, 0.25) is 0 Å². The molecule has 0 aromatic heterocycles. The van der Waals surface area contributed by atoms with E-state index in [4.69, 9.17) is 14.0 Å². The normalized spacial score (nSPS) is 13.5. The Balaban J connectivity index is 3.38. The molecule has 1 rings (SSSR count). The third kappa shape index (κ3) is 5.33. The zero-order valence-electron chi connectivity index (χ0n) is 14.2. The maximum absolute atomic E-state index is 11.8. The number of hydrogen-bond acceptors (Lipinski definition) is 5. The number of para-hydroxylation sites is 1. The van der Waals surface area contributed by atoms with Gasteiger partial charge in [-0.1, -0.05) is 31.5 Å². The summed E-state index contributed by atoms with van der Waals surface area (Å²) >= 11 is 0. The van der Waals surface area contributed by atoms with Crippen molar-refractivity contribution in [1.82, 2.24) is 0 Å². The van der Waals surface area contributed by atoms with Gasteiger partial charge in [0.2, 0.25) is 0 Å². The number of aliphatic carboxylic acids is 2. The van der Waals surface area contributed by atoms with Gasteiger partial charge in [0.1, 0.15) is 6.04 Å². The van der Waals surface area contributed by atoms with Crippen molar-refractivity contribution in [3.05, 3.63) is 30.3 Å². The van der Waals surface area contributed by atoms with Gasteiger partial charge in [-0.15, -0.1) is 0 Å². The van der Waals surface area contributed by atoms with Crippen LogP contribution in [0.1, 0.15) is 26.2 Å². The molecule has 0 aliphatic heterocycles. The molecule has 0 amide bonds. The Kier molecular flexibility index (Phi) is 8.45. The molecule has 0 bridgehead atoms. The number of hydrogen-bond donors (Lipinski definition) is 2. The first-order valence-corrected chi connectivity index (χ1v) is 9.40.